The molecule has 0 unspecified atom stereocenters. The van der Waals surface area contributed by atoms with Crippen LogP contribution >= 0.6 is 0 Å². The summed E-state index contributed by atoms with van der Waals surface area (Å²) in [6.07, 6.45) is 2.45. The number of hydrogen-bond acceptors (Lipinski definition) is 4. The number of aryl methyl sites for hydroxylation is 1. The van der Waals surface area contributed by atoms with Crippen LogP contribution in [0.2, 0.25) is 0 Å². The zero-order valence-corrected chi connectivity index (χ0v) is 16.8. The monoisotopic (exact) mass is 391 g/mol. The van der Waals surface area contributed by atoms with E-state index in [9.17, 15) is 4.79 Å². The molecule has 3 aromatic rings. The third-order valence-corrected chi connectivity index (χ3v) is 6.24. The molecule has 6 heteroatoms. The van der Waals surface area contributed by atoms with Crippen LogP contribution in [-0.2, 0) is 16.8 Å². The van der Waals surface area contributed by atoms with Gasteiger partial charge in [0.25, 0.3) is 5.91 Å². The molecule has 0 bridgehead atoms. The van der Waals surface area contributed by atoms with Gasteiger partial charge in [-0.3, -0.25) is 4.79 Å². The minimum atomic E-state index is -0.360. The molecule has 1 saturated heterocycles. The van der Waals surface area contributed by atoms with Gasteiger partial charge in [-0.25, -0.2) is 4.98 Å². The number of aromatic amines is 1. The van der Waals surface area contributed by atoms with Crippen molar-refractivity contribution in [2.75, 3.05) is 26.8 Å². The summed E-state index contributed by atoms with van der Waals surface area (Å²) in [6.45, 7) is 3.96. The lowest BCUT2D eigenvalue weighted by Crippen LogP contribution is -2.48. The SMILES string of the molecule is COc1cccc2c1C1(CCN(C(=O)c3ccc4nc(C)[nH]c4c3)CC1)OCC2. The van der Waals surface area contributed by atoms with Gasteiger partial charge in [-0.05, 0) is 56.0 Å². The molecule has 2 aliphatic heterocycles. The van der Waals surface area contributed by atoms with E-state index >= 15 is 0 Å². The fraction of sp³-hybridized carbons (Fsp3) is 0.391. The number of hydrogen-bond donors (Lipinski definition) is 1. The lowest BCUT2D eigenvalue weighted by atomic mass is 9.78. The van der Waals surface area contributed by atoms with Crippen molar-refractivity contribution in [3.63, 3.8) is 0 Å². The van der Waals surface area contributed by atoms with E-state index in [4.69, 9.17) is 9.47 Å². The fourth-order valence-electron chi connectivity index (χ4n) is 4.82. The van der Waals surface area contributed by atoms with Crippen LogP contribution in [0.4, 0.5) is 0 Å². The number of nitrogens with one attached hydrogen (secondary N) is 1. The van der Waals surface area contributed by atoms with Crippen LogP contribution in [0.25, 0.3) is 11.0 Å². The van der Waals surface area contributed by atoms with Gasteiger partial charge >= 0.3 is 0 Å². The first kappa shape index (κ1) is 18.2. The summed E-state index contributed by atoms with van der Waals surface area (Å²) in [7, 11) is 1.71. The quantitative estimate of drug-likeness (QED) is 0.725. The van der Waals surface area contributed by atoms with Gasteiger partial charge in [0, 0.05) is 24.2 Å². The molecule has 150 valence electrons. The number of likely N-dealkylation sites (tertiary alicyclic amines) is 1. The zero-order valence-electron chi connectivity index (χ0n) is 16.8. The maximum atomic E-state index is 13.1. The highest BCUT2D eigenvalue weighted by Crippen LogP contribution is 2.45. The van der Waals surface area contributed by atoms with Crippen molar-refractivity contribution >= 4 is 16.9 Å². The number of H-pyrrole nitrogens is 1. The molecule has 1 amide bonds. The Hall–Kier alpha value is -2.86. The van der Waals surface area contributed by atoms with Crippen molar-refractivity contribution in [3.05, 3.63) is 58.9 Å². The smallest absolute Gasteiger partial charge is 0.253 e. The average Bonchev–Trinajstić information content (AvgIpc) is 3.13. The molecular weight excluding hydrogens is 366 g/mol. The molecule has 1 N–H and O–H groups in total. The summed E-state index contributed by atoms with van der Waals surface area (Å²) in [4.78, 5) is 22.7. The van der Waals surface area contributed by atoms with Crippen LogP contribution in [0.5, 0.6) is 5.75 Å². The van der Waals surface area contributed by atoms with Gasteiger partial charge in [-0.15, -0.1) is 0 Å². The number of benzene rings is 2. The molecule has 2 aliphatic rings. The largest absolute Gasteiger partial charge is 0.496 e. The number of imidazole rings is 1. The number of methoxy groups -OCH3 is 1. The second-order valence-electron chi connectivity index (χ2n) is 7.93. The number of nitrogens with zero attached hydrogens (tertiary/aromatic N) is 2. The Morgan fingerprint density at radius 2 is 2.07 bits per heavy atom. The van der Waals surface area contributed by atoms with Crippen LogP contribution in [0.15, 0.2) is 36.4 Å². The van der Waals surface area contributed by atoms with Crippen molar-refractivity contribution in [1.29, 1.82) is 0 Å². The van der Waals surface area contributed by atoms with E-state index in [0.29, 0.717) is 25.3 Å². The Kier molecular flexibility index (Phi) is 4.32. The number of fused-ring (bicyclic) bond motifs is 3. The van der Waals surface area contributed by atoms with Crippen molar-refractivity contribution < 1.29 is 14.3 Å². The van der Waals surface area contributed by atoms with Crippen LogP contribution in [0, 0.1) is 6.92 Å². The van der Waals surface area contributed by atoms with E-state index in [1.807, 2.05) is 42.2 Å². The predicted octanol–water partition coefficient (Wildman–Crippen LogP) is 3.58. The lowest BCUT2D eigenvalue weighted by Gasteiger charge is -2.45. The minimum Gasteiger partial charge on any atom is -0.496 e. The van der Waals surface area contributed by atoms with Crippen LogP contribution in [-0.4, -0.2) is 47.6 Å². The van der Waals surface area contributed by atoms with Gasteiger partial charge < -0.3 is 19.4 Å². The first-order valence-electron chi connectivity index (χ1n) is 10.2. The molecular formula is C23H25N3O3. The predicted molar refractivity (Wildman–Crippen MR) is 110 cm³/mol. The molecule has 1 fully saturated rings. The van der Waals surface area contributed by atoms with E-state index in [1.165, 1.54) is 11.1 Å². The normalized spacial score (nSPS) is 18.1. The maximum Gasteiger partial charge on any atom is 0.253 e. The Morgan fingerprint density at radius 1 is 1.24 bits per heavy atom. The van der Waals surface area contributed by atoms with Crippen molar-refractivity contribution in [2.24, 2.45) is 0 Å². The van der Waals surface area contributed by atoms with Gasteiger partial charge in [0.05, 0.1) is 24.8 Å². The Morgan fingerprint density at radius 3 is 2.86 bits per heavy atom. The number of carbonyl (C=O) groups excluding carboxylic acids is 1. The molecule has 5 rings (SSSR count). The molecule has 0 aliphatic carbocycles. The van der Waals surface area contributed by atoms with Crippen molar-refractivity contribution in [1.82, 2.24) is 14.9 Å². The molecule has 6 nitrogen and oxygen atoms in total. The van der Waals surface area contributed by atoms with E-state index in [-0.39, 0.29) is 11.5 Å². The molecule has 3 heterocycles. The van der Waals surface area contributed by atoms with Gasteiger partial charge in [-0.2, -0.15) is 0 Å². The second kappa shape index (κ2) is 6.88. The summed E-state index contributed by atoms with van der Waals surface area (Å²) < 4.78 is 12.0. The van der Waals surface area contributed by atoms with E-state index < -0.39 is 0 Å². The number of carbonyl (C=O) groups is 1. The van der Waals surface area contributed by atoms with Gasteiger partial charge in [-0.1, -0.05) is 12.1 Å². The highest BCUT2D eigenvalue weighted by molar-refractivity contribution is 5.97. The molecule has 29 heavy (non-hydrogen) atoms. The summed E-state index contributed by atoms with van der Waals surface area (Å²) in [6, 6.07) is 11.9. The van der Waals surface area contributed by atoms with Gasteiger partial charge in [0.15, 0.2) is 0 Å². The van der Waals surface area contributed by atoms with E-state index in [2.05, 4.69) is 16.0 Å². The number of aromatic nitrogens is 2. The second-order valence-corrected chi connectivity index (χ2v) is 7.93. The Balaban J connectivity index is 1.39. The average molecular weight is 391 g/mol. The summed E-state index contributed by atoms with van der Waals surface area (Å²) in [5, 5.41) is 0. The van der Waals surface area contributed by atoms with Crippen LogP contribution in [0.3, 0.4) is 0 Å². The maximum absolute atomic E-state index is 13.1. The highest BCUT2D eigenvalue weighted by Gasteiger charge is 2.43. The molecule has 0 radical (unpaired) electrons. The molecule has 0 saturated carbocycles. The summed E-state index contributed by atoms with van der Waals surface area (Å²) in [5.41, 5.74) is 4.60. The number of amides is 1. The molecule has 2 aromatic carbocycles. The number of ether oxygens (including phenoxy) is 2. The number of rotatable bonds is 2. The Bertz CT molecular complexity index is 1070. The highest BCUT2D eigenvalue weighted by atomic mass is 16.5. The fourth-order valence-corrected chi connectivity index (χ4v) is 4.82. The van der Waals surface area contributed by atoms with E-state index in [0.717, 1.165) is 41.9 Å². The van der Waals surface area contributed by atoms with Crippen molar-refractivity contribution in [2.45, 2.75) is 31.8 Å². The summed E-state index contributed by atoms with van der Waals surface area (Å²) in [5.74, 6) is 1.80. The minimum absolute atomic E-state index is 0.0602. The van der Waals surface area contributed by atoms with Gasteiger partial charge in [0.1, 0.15) is 17.2 Å². The standard InChI is InChI=1S/C23H25N3O3/c1-15-24-18-7-6-17(14-19(18)25-15)22(27)26-11-9-23(10-12-26)21-16(8-13-29-23)4-3-5-20(21)28-2/h3-7,14H,8-13H2,1-2H3,(H,24,25). The molecule has 1 spiro atoms. The first-order chi connectivity index (χ1) is 14.1. The third-order valence-electron chi connectivity index (χ3n) is 6.24. The molecule has 1 aromatic heterocycles. The van der Waals surface area contributed by atoms with Crippen LogP contribution < -0.4 is 4.74 Å². The summed E-state index contributed by atoms with van der Waals surface area (Å²) >= 11 is 0. The lowest BCUT2D eigenvalue weighted by molar-refractivity contribution is -0.0946. The van der Waals surface area contributed by atoms with Gasteiger partial charge in [0.2, 0.25) is 0 Å². The third kappa shape index (κ3) is 2.99. The first-order valence-corrected chi connectivity index (χ1v) is 10.2. The van der Waals surface area contributed by atoms with E-state index in [1.54, 1.807) is 7.11 Å². The zero-order chi connectivity index (χ0) is 20.0. The number of piperidine rings is 1. The topological polar surface area (TPSA) is 67.5 Å². The van der Waals surface area contributed by atoms with Crippen LogP contribution in [0.1, 0.15) is 40.2 Å². The van der Waals surface area contributed by atoms with Crippen molar-refractivity contribution in [3.8, 4) is 5.75 Å². The Labute approximate surface area is 169 Å². The molecule has 0 atom stereocenters.